The number of likely N-dealkylation sites (tertiary alicyclic amines) is 1. The normalized spacial score (nSPS) is 19.4. The van der Waals surface area contributed by atoms with Crippen molar-refractivity contribution in [2.75, 3.05) is 11.9 Å². The summed E-state index contributed by atoms with van der Waals surface area (Å²) in [7, 11) is 1.93. The average molecular weight is 427 g/mol. The lowest BCUT2D eigenvalue weighted by Gasteiger charge is -2.37. The van der Waals surface area contributed by atoms with Crippen LogP contribution in [-0.2, 0) is 13.6 Å². The Kier molecular flexibility index (Phi) is 5.10. The van der Waals surface area contributed by atoms with Gasteiger partial charge in [-0.3, -0.25) is 4.68 Å². The van der Waals surface area contributed by atoms with E-state index in [0.29, 0.717) is 24.3 Å². The molecule has 0 aromatic carbocycles. The summed E-state index contributed by atoms with van der Waals surface area (Å²) in [6.07, 6.45) is 3.18. The first-order chi connectivity index (χ1) is 14.6. The van der Waals surface area contributed by atoms with E-state index in [1.54, 1.807) is 0 Å². The van der Waals surface area contributed by atoms with Crippen LogP contribution in [0.5, 0.6) is 0 Å². The van der Waals surface area contributed by atoms with Gasteiger partial charge in [0.2, 0.25) is 0 Å². The van der Waals surface area contributed by atoms with Crippen molar-refractivity contribution in [3.8, 4) is 11.4 Å². The van der Waals surface area contributed by atoms with Gasteiger partial charge in [0.15, 0.2) is 17.0 Å². The van der Waals surface area contributed by atoms with Gasteiger partial charge in [0, 0.05) is 25.8 Å². The Labute approximate surface area is 181 Å². The van der Waals surface area contributed by atoms with Crippen LogP contribution in [0.25, 0.3) is 22.6 Å². The van der Waals surface area contributed by atoms with E-state index in [1.165, 1.54) is 11.2 Å². The summed E-state index contributed by atoms with van der Waals surface area (Å²) in [5, 5.41) is 17.6. The molecule has 10 heteroatoms. The summed E-state index contributed by atoms with van der Waals surface area (Å²) in [4.78, 5) is 27.1. The van der Waals surface area contributed by atoms with Gasteiger partial charge in [0.1, 0.15) is 12.2 Å². The smallest absolute Gasteiger partial charge is 0.407 e. The average Bonchev–Trinajstić information content (AvgIpc) is 3.38. The van der Waals surface area contributed by atoms with Crippen LogP contribution in [0.2, 0.25) is 0 Å². The van der Waals surface area contributed by atoms with Crippen molar-refractivity contribution in [1.82, 2.24) is 34.2 Å². The zero-order valence-electron chi connectivity index (χ0n) is 18.9. The molecule has 166 valence electrons. The molecule has 0 aliphatic carbocycles. The molecule has 2 unspecified atom stereocenters. The van der Waals surface area contributed by atoms with Crippen molar-refractivity contribution in [1.29, 1.82) is 0 Å². The second-order valence-electron chi connectivity index (χ2n) is 9.17. The van der Waals surface area contributed by atoms with Gasteiger partial charge < -0.3 is 19.9 Å². The highest BCUT2D eigenvalue weighted by atomic mass is 16.4. The molecular weight excluding hydrogens is 396 g/mol. The van der Waals surface area contributed by atoms with Crippen molar-refractivity contribution in [3.05, 3.63) is 18.2 Å². The van der Waals surface area contributed by atoms with Crippen molar-refractivity contribution >= 4 is 23.1 Å². The fraction of sp³-hybridized carbons (Fsp3) is 0.571. The van der Waals surface area contributed by atoms with Gasteiger partial charge in [0.05, 0.1) is 23.8 Å². The van der Waals surface area contributed by atoms with Crippen LogP contribution in [0.3, 0.4) is 0 Å². The molecule has 1 aliphatic rings. The van der Waals surface area contributed by atoms with Crippen LogP contribution >= 0.6 is 0 Å². The summed E-state index contributed by atoms with van der Waals surface area (Å²) in [5.41, 5.74) is 3.17. The van der Waals surface area contributed by atoms with E-state index in [0.717, 1.165) is 29.3 Å². The minimum atomic E-state index is -0.888. The van der Waals surface area contributed by atoms with Crippen LogP contribution in [0.4, 0.5) is 10.6 Å². The van der Waals surface area contributed by atoms with Crippen molar-refractivity contribution in [2.24, 2.45) is 12.5 Å². The molecule has 3 aromatic heterocycles. The molecule has 0 spiro atoms. The number of aromatic nitrogens is 6. The number of aryl methyl sites for hydroxylation is 2. The Morgan fingerprint density at radius 2 is 2.06 bits per heavy atom. The highest BCUT2D eigenvalue weighted by Gasteiger charge is 2.44. The Balaban J connectivity index is 1.74. The summed E-state index contributed by atoms with van der Waals surface area (Å²) in [6, 6.07) is -0.243. The molecule has 31 heavy (non-hydrogen) atoms. The summed E-state index contributed by atoms with van der Waals surface area (Å²) < 4.78 is 3.89. The topological polar surface area (TPSA) is 114 Å². The Morgan fingerprint density at radius 1 is 1.32 bits per heavy atom. The molecule has 3 aromatic rings. The highest BCUT2D eigenvalue weighted by molar-refractivity contribution is 5.86. The SMILES string of the molecule is CCn1ncc(-c2nc3c(NC4CCN(C(=O)O)C4C(C)(C)C)ncnc3n2C)c1C. The standard InChI is InChI=1S/C21H30N8O2/c1-7-29-12(2)13(10-24-29)18-26-15-17(22-11-23-19(15)27(18)6)25-14-8-9-28(20(30)31)16(14)21(3,4)5/h10-11,14,16H,7-9H2,1-6H3,(H,30,31)(H,22,23,25). The molecule has 2 N–H and O–H groups in total. The maximum Gasteiger partial charge on any atom is 0.407 e. The number of imidazole rings is 1. The summed E-state index contributed by atoms with van der Waals surface area (Å²) in [6.45, 7) is 11.6. The lowest BCUT2D eigenvalue weighted by atomic mass is 9.82. The number of carbonyl (C=O) groups is 1. The predicted octanol–water partition coefficient (Wildman–Crippen LogP) is 3.13. The number of anilines is 1. The van der Waals surface area contributed by atoms with Gasteiger partial charge in [-0.1, -0.05) is 20.8 Å². The maximum absolute atomic E-state index is 11.8. The fourth-order valence-corrected chi connectivity index (χ4v) is 4.74. The van der Waals surface area contributed by atoms with Crippen molar-refractivity contribution in [3.63, 3.8) is 0 Å². The van der Waals surface area contributed by atoms with Crippen LogP contribution in [0, 0.1) is 12.3 Å². The van der Waals surface area contributed by atoms with Crippen LogP contribution in [-0.4, -0.2) is 64.0 Å². The van der Waals surface area contributed by atoms with E-state index in [-0.39, 0.29) is 17.5 Å². The molecule has 4 rings (SSSR count). The van der Waals surface area contributed by atoms with Crippen molar-refractivity contribution in [2.45, 2.75) is 59.7 Å². The highest BCUT2D eigenvalue weighted by Crippen LogP contribution is 2.36. The zero-order chi connectivity index (χ0) is 22.5. The Bertz CT molecular complexity index is 1130. The van der Waals surface area contributed by atoms with Crippen LogP contribution in [0.15, 0.2) is 12.5 Å². The Hall–Kier alpha value is -3.17. The molecule has 1 aliphatic heterocycles. The first-order valence-electron chi connectivity index (χ1n) is 10.6. The molecular formula is C21H30N8O2. The predicted molar refractivity (Wildman–Crippen MR) is 118 cm³/mol. The third-order valence-corrected chi connectivity index (χ3v) is 6.15. The molecule has 0 bridgehead atoms. The van der Waals surface area contributed by atoms with E-state index in [1.807, 2.05) is 29.4 Å². The van der Waals surface area contributed by atoms with Crippen LogP contribution < -0.4 is 5.32 Å². The molecule has 1 saturated heterocycles. The van der Waals surface area contributed by atoms with E-state index < -0.39 is 6.09 Å². The minimum Gasteiger partial charge on any atom is -0.465 e. The fourth-order valence-electron chi connectivity index (χ4n) is 4.74. The molecule has 10 nitrogen and oxygen atoms in total. The zero-order valence-corrected chi connectivity index (χ0v) is 18.9. The minimum absolute atomic E-state index is 0.0655. The quantitative estimate of drug-likeness (QED) is 0.659. The number of carboxylic acid groups (broad SMARTS) is 1. The molecule has 2 atom stereocenters. The first-order valence-corrected chi connectivity index (χ1v) is 10.6. The van der Waals surface area contributed by atoms with Gasteiger partial charge in [0.25, 0.3) is 0 Å². The monoisotopic (exact) mass is 426 g/mol. The first kappa shape index (κ1) is 21.1. The van der Waals surface area contributed by atoms with Gasteiger partial charge in [-0.15, -0.1) is 0 Å². The van der Waals surface area contributed by atoms with Crippen LogP contribution in [0.1, 0.15) is 39.8 Å². The number of nitrogens with one attached hydrogen (secondary N) is 1. The molecule has 0 saturated carbocycles. The van der Waals surface area contributed by atoms with E-state index in [9.17, 15) is 9.90 Å². The lowest BCUT2D eigenvalue weighted by Crippen LogP contribution is -2.49. The van der Waals surface area contributed by atoms with Gasteiger partial charge in [-0.05, 0) is 25.7 Å². The number of fused-ring (bicyclic) bond motifs is 1. The molecule has 0 radical (unpaired) electrons. The van der Waals surface area contributed by atoms with E-state index in [4.69, 9.17) is 4.98 Å². The molecule has 4 heterocycles. The third-order valence-electron chi connectivity index (χ3n) is 6.15. The van der Waals surface area contributed by atoms with E-state index >= 15 is 0 Å². The number of hydrogen-bond donors (Lipinski definition) is 2. The van der Waals surface area contributed by atoms with Gasteiger partial charge in [-0.2, -0.15) is 5.10 Å². The second kappa shape index (κ2) is 7.51. The lowest BCUT2D eigenvalue weighted by molar-refractivity contribution is 0.103. The van der Waals surface area contributed by atoms with E-state index in [2.05, 4.69) is 48.1 Å². The Morgan fingerprint density at radius 3 is 2.68 bits per heavy atom. The van der Waals surface area contributed by atoms with Gasteiger partial charge >= 0.3 is 6.09 Å². The number of amides is 1. The van der Waals surface area contributed by atoms with Crippen molar-refractivity contribution < 1.29 is 9.90 Å². The third kappa shape index (κ3) is 3.49. The maximum atomic E-state index is 11.8. The summed E-state index contributed by atoms with van der Waals surface area (Å²) >= 11 is 0. The number of nitrogens with zero attached hydrogens (tertiary/aromatic N) is 7. The number of hydrogen-bond acceptors (Lipinski definition) is 6. The number of rotatable bonds is 4. The summed E-state index contributed by atoms with van der Waals surface area (Å²) in [5.74, 6) is 1.40. The van der Waals surface area contributed by atoms with Gasteiger partial charge in [-0.25, -0.2) is 19.7 Å². The molecule has 1 fully saturated rings. The molecule has 1 amide bonds. The second-order valence-corrected chi connectivity index (χ2v) is 9.17. The largest absolute Gasteiger partial charge is 0.465 e.